The van der Waals surface area contributed by atoms with Crippen LogP contribution >= 0.6 is 0 Å². The van der Waals surface area contributed by atoms with Crippen LogP contribution in [-0.4, -0.2) is 43.1 Å². The number of nitrogens with zero attached hydrogens (tertiary/aromatic N) is 4. The Morgan fingerprint density at radius 1 is 1.03 bits per heavy atom. The minimum atomic E-state index is -0.569. The van der Waals surface area contributed by atoms with Crippen LogP contribution in [0.4, 0.5) is 0 Å². The zero-order valence-corrected chi connectivity index (χ0v) is 21.5. The quantitative estimate of drug-likeness (QED) is 0.362. The third-order valence-corrected chi connectivity index (χ3v) is 6.21. The number of hydrogen-bond acceptors (Lipinski definition) is 5. The number of rotatable bonds is 9. The van der Waals surface area contributed by atoms with Gasteiger partial charge in [-0.2, -0.15) is 0 Å². The highest BCUT2D eigenvalue weighted by Gasteiger charge is 2.20. The lowest BCUT2D eigenvalue weighted by molar-refractivity contribution is -0.122. The van der Waals surface area contributed by atoms with Crippen molar-refractivity contribution in [3.8, 4) is 0 Å². The molecule has 2 amide bonds. The van der Waals surface area contributed by atoms with Crippen molar-refractivity contribution >= 4 is 28.5 Å². The van der Waals surface area contributed by atoms with E-state index in [1.54, 1.807) is 12.1 Å². The zero-order valence-electron chi connectivity index (χ0n) is 21.5. The van der Waals surface area contributed by atoms with Gasteiger partial charge >= 0.3 is 5.69 Å². The summed E-state index contributed by atoms with van der Waals surface area (Å²) in [5, 5.41) is 10.4. The Labute approximate surface area is 213 Å². The van der Waals surface area contributed by atoms with Gasteiger partial charge in [0.2, 0.25) is 11.7 Å². The minimum absolute atomic E-state index is 0.0516. The molecule has 0 radical (unpaired) electrons. The van der Waals surface area contributed by atoms with Crippen LogP contribution < -0.4 is 21.9 Å². The minimum Gasteiger partial charge on any atom is -0.352 e. The maximum absolute atomic E-state index is 13.6. The molecule has 1 atom stereocenters. The van der Waals surface area contributed by atoms with Crippen molar-refractivity contribution in [2.45, 2.75) is 53.2 Å². The van der Waals surface area contributed by atoms with Crippen LogP contribution in [0.15, 0.2) is 58.1 Å². The van der Waals surface area contributed by atoms with Crippen LogP contribution in [0, 0.1) is 5.92 Å². The largest absolute Gasteiger partial charge is 0.352 e. The molecular weight excluding hydrogens is 472 g/mol. The van der Waals surface area contributed by atoms with Gasteiger partial charge in [0, 0.05) is 18.2 Å². The molecule has 0 saturated carbocycles. The van der Waals surface area contributed by atoms with Crippen LogP contribution in [0.25, 0.3) is 16.7 Å². The van der Waals surface area contributed by atoms with E-state index in [4.69, 9.17) is 0 Å². The van der Waals surface area contributed by atoms with Gasteiger partial charge in [0.1, 0.15) is 6.54 Å². The topological polar surface area (TPSA) is 120 Å². The van der Waals surface area contributed by atoms with E-state index >= 15 is 0 Å². The summed E-state index contributed by atoms with van der Waals surface area (Å²) in [6, 6.07) is 14.0. The third kappa shape index (κ3) is 5.47. The average Bonchev–Trinajstić information content (AvgIpc) is 3.20. The van der Waals surface area contributed by atoms with E-state index in [-0.39, 0.29) is 59.1 Å². The number of nitrogens with one attached hydrogen (secondary N) is 2. The zero-order chi connectivity index (χ0) is 26.7. The molecule has 194 valence electrons. The van der Waals surface area contributed by atoms with Crippen LogP contribution in [0.1, 0.15) is 50.0 Å². The summed E-state index contributed by atoms with van der Waals surface area (Å²) >= 11 is 0. The van der Waals surface area contributed by atoms with Gasteiger partial charge in [-0.05, 0) is 43.0 Å². The lowest BCUT2D eigenvalue weighted by Gasteiger charge is -2.11. The van der Waals surface area contributed by atoms with Crippen LogP contribution in [0.2, 0.25) is 0 Å². The molecule has 0 fully saturated rings. The second-order valence-electron chi connectivity index (χ2n) is 9.67. The third-order valence-electron chi connectivity index (χ3n) is 6.21. The van der Waals surface area contributed by atoms with Crippen molar-refractivity contribution in [3.05, 3.63) is 80.5 Å². The molecule has 0 unspecified atom stereocenters. The van der Waals surface area contributed by atoms with Gasteiger partial charge in [0.15, 0.2) is 0 Å². The summed E-state index contributed by atoms with van der Waals surface area (Å²) in [5.74, 6) is -0.286. The lowest BCUT2D eigenvalue weighted by Crippen LogP contribution is -2.37. The molecule has 0 aliphatic heterocycles. The maximum Gasteiger partial charge on any atom is 0.352 e. The Balaban J connectivity index is 1.90. The van der Waals surface area contributed by atoms with E-state index in [1.165, 1.54) is 15.0 Å². The number of carbonyl (C=O) groups excluding carboxylic acids is 2. The molecule has 10 nitrogen and oxygen atoms in total. The summed E-state index contributed by atoms with van der Waals surface area (Å²) in [7, 11) is 0. The molecule has 2 heterocycles. The molecule has 2 N–H and O–H groups in total. The van der Waals surface area contributed by atoms with Gasteiger partial charge in [-0.25, -0.2) is 13.9 Å². The molecule has 0 bridgehead atoms. The highest BCUT2D eigenvalue weighted by molar-refractivity contribution is 5.98. The normalized spacial score (nSPS) is 12.2. The van der Waals surface area contributed by atoms with E-state index in [0.717, 1.165) is 16.7 Å². The van der Waals surface area contributed by atoms with Crippen molar-refractivity contribution < 1.29 is 9.59 Å². The van der Waals surface area contributed by atoms with E-state index in [0.29, 0.717) is 12.1 Å². The van der Waals surface area contributed by atoms with Gasteiger partial charge < -0.3 is 10.6 Å². The predicted octanol–water partition coefficient (Wildman–Crippen LogP) is 2.16. The molecule has 2 aromatic heterocycles. The molecule has 37 heavy (non-hydrogen) atoms. The second kappa shape index (κ2) is 10.8. The summed E-state index contributed by atoms with van der Waals surface area (Å²) in [6.45, 7) is 8.20. The summed E-state index contributed by atoms with van der Waals surface area (Å²) < 4.78 is 3.77. The van der Waals surface area contributed by atoms with Crippen LogP contribution in [0.5, 0.6) is 0 Å². The highest BCUT2D eigenvalue weighted by Crippen LogP contribution is 2.15. The van der Waals surface area contributed by atoms with Crippen molar-refractivity contribution in [2.24, 2.45) is 5.92 Å². The first kappa shape index (κ1) is 25.9. The van der Waals surface area contributed by atoms with E-state index in [1.807, 2.05) is 58.0 Å². The standard InChI is InChI=1S/C27H32N6O4/c1-5-18(4)29-23(34)16-32-27(37)33-22-13-20(24(35)28-14-17(2)3)11-12-21(22)25(36)31(26(33)30-32)15-19-9-7-6-8-10-19/h6-13,17-18H,5,14-16H2,1-4H3,(H,28,35)(H,29,34)/t18-/m0/s1. The maximum atomic E-state index is 13.6. The van der Waals surface area contributed by atoms with Crippen molar-refractivity contribution in [1.29, 1.82) is 0 Å². The number of amides is 2. The predicted molar refractivity (Wildman–Crippen MR) is 142 cm³/mol. The smallest absolute Gasteiger partial charge is 0.352 e. The summed E-state index contributed by atoms with van der Waals surface area (Å²) in [5.41, 5.74) is 0.526. The van der Waals surface area contributed by atoms with Crippen molar-refractivity contribution in [2.75, 3.05) is 6.54 Å². The number of aromatic nitrogens is 4. The van der Waals surface area contributed by atoms with Gasteiger partial charge in [-0.3, -0.25) is 19.0 Å². The van der Waals surface area contributed by atoms with E-state index in [9.17, 15) is 19.2 Å². The average molecular weight is 505 g/mol. The SMILES string of the molecule is CC[C@H](C)NC(=O)Cn1nc2n(Cc3ccccc3)c(=O)c3ccc(C(=O)NCC(C)C)cc3n2c1=O. The van der Waals surface area contributed by atoms with Gasteiger partial charge in [0.05, 0.1) is 17.4 Å². The molecule has 0 aliphatic carbocycles. The molecule has 0 aliphatic rings. The fourth-order valence-electron chi connectivity index (χ4n) is 4.03. The van der Waals surface area contributed by atoms with Gasteiger partial charge in [-0.15, -0.1) is 5.10 Å². The van der Waals surface area contributed by atoms with Gasteiger partial charge in [-0.1, -0.05) is 51.1 Å². The monoisotopic (exact) mass is 504 g/mol. The Bertz CT molecular complexity index is 1570. The molecule has 0 saturated heterocycles. The molecule has 0 spiro atoms. The highest BCUT2D eigenvalue weighted by atomic mass is 16.2. The second-order valence-corrected chi connectivity index (χ2v) is 9.67. The molecule has 4 rings (SSSR count). The summed E-state index contributed by atoms with van der Waals surface area (Å²) in [4.78, 5) is 52.4. The molecular formula is C27H32N6O4. The first-order valence-electron chi connectivity index (χ1n) is 12.5. The van der Waals surface area contributed by atoms with Gasteiger partial charge in [0.25, 0.3) is 11.5 Å². The van der Waals surface area contributed by atoms with Crippen molar-refractivity contribution in [3.63, 3.8) is 0 Å². The number of carbonyl (C=O) groups is 2. The fourth-order valence-corrected chi connectivity index (χ4v) is 4.03. The molecule has 2 aromatic carbocycles. The Hall–Kier alpha value is -4.21. The lowest BCUT2D eigenvalue weighted by atomic mass is 10.1. The Morgan fingerprint density at radius 3 is 2.43 bits per heavy atom. The first-order chi connectivity index (χ1) is 17.7. The number of hydrogen-bond donors (Lipinski definition) is 2. The summed E-state index contributed by atoms with van der Waals surface area (Å²) in [6.07, 6.45) is 0.745. The first-order valence-corrected chi connectivity index (χ1v) is 12.5. The number of benzene rings is 2. The van der Waals surface area contributed by atoms with Crippen LogP contribution in [-0.2, 0) is 17.9 Å². The number of fused-ring (bicyclic) bond motifs is 3. The fraction of sp³-hybridized carbons (Fsp3) is 0.370. The molecule has 10 heteroatoms. The Kier molecular flexibility index (Phi) is 7.56. The van der Waals surface area contributed by atoms with E-state index < -0.39 is 5.69 Å². The van der Waals surface area contributed by atoms with Crippen LogP contribution in [0.3, 0.4) is 0 Å². The van der Waals surface area contributed by atoms with Crippen molar-refractivity contribution in [1.82, 2.24) is 29.4 Å². The molecule has 4 aromatic rings. The van der Waals surface area contributed by atoms with E-state index in [2.05, 4.69) is 15.7 Å². The Morgan fingerprint density at radius 2 is 1.76 bits per heavy atom.